The molecule has 0 unspecified atom stereocenters. The molecule has 0 aliphatic carbocycles. The molecular weight excluding hydrogens is 426 g/mol. The lowest BCUT2D eigenvalue weighted by Crippen LogP contribution is -2.42. The van der Waals surface area contributed by atoms with Crippen molar-refractivity contribution in [1.82, 2.24) is 24.6 Å². The molecule has 164 valence electrons. The number of amides is 2. The maximum absolute atomic E-state index is 13.2. The predicted molar refractivity (Wildman–Crippen MR) is 122 cm³/mol. The molecule has 1 fully saturated rings. The van der Waals surface area contributed by atoms with E-state index in [4.69, 9.17) is 4.74 Å². The molecular formula is C23H23N5O3S. The maximum Gasteiger partial charge on any atom is 0.274 e. The number of morpholine rings is 1. The lowest BCUT2D eigenvalue weighted by Gasteiger charge is -2.33. The normalized spacial score (nSPS) is 16.7. The molecule has 4 aromatic rings. The summed E-state index contributed by atoms with van der Waals surface area (Å²) in [4.78, 5) is 37.1. The molecule has 9 heteroatoms. The Labute approximate surface area is 188 Å². The van der Waals surface area contributed by atoms with E-state index in [2.05, 4.69) is 15.3 Å². The molecule has 5 rings (SSSR count). The van der Waals surface area contributed by atoms with Crippen molar-refractivity contribution in [1.29, 1.82) is 0 Å². The van der Waals surface area contributed by atoms with Gasteiger partial charge in [0.1, 0.15) is 11.8 Å². The molecule has 1 saturated heterocycles. The van der Waals surface area contributed by atoms with Crippen molar-refractivity contribution in [2.24, 2.45) is 0 Å². The van der Waals surface area contributed by atoms with Gasteiger partial charge in [-0.3, -0.25) is 14.0 Å². The number of aromatic nitrogens is 3. The number of hydrogen-bond acceptors (Lipinski definition) is 6. The smallest absolute Gasteiger partial charge is 0.274 e. The topological polar surface area (TPSA) is 88.8 Å². The Morgan fingerprint density at radius 1 is 1.25 bits per heavy atom. The molecule has 0 spiro atoms. The van der Waals surface area contributed by atoms with Crippen LogP contribution in [0.15, 0.2) is 48.9 Å². The van der Waals surface area contributed by atoms with Crippen molar-refractivity contribution in [3.05, 3.63) is 65.1 Å². The van der Waals surface area contributed by atoms with Gasteiger partial charge in [-0.15, -0.1) is 11.3 Å². The van der Waals surface area contributed by atoms with Crippen LogP contribution < -0.4 is 5.32 Å². The van der Waals surface area contributed by atoms with Crippen LogP contribution in [0.1, 0.15) is 45.7 Å². The van der Waals surface area contributed by atoms with Gasteiger partial charge >= 0.3 is 0 Å². The Morgan fingerprint density at radius 3 is 2.91 bits per heavy atom. The number of rotatable bonds is 4. The van der Waals surface area contributed by atoms with Gasteiger partial charge in [0.05, 0.1) is 18.0 Å². The summed E-state index contributed by atoms with van der Waals surface area (Å²) in [5, 5.41) is 3.98. The van der Waals surface area contributed by atoms with E-state index in [9.17, 15) is 9.59 Å². The number of thiophene rings is 1. The van der Waals surface area contributed by atoms with Crippen LogP contribution in [-0.4, -0.2) is 56.8 Å². The fraction of sp³-hybridized carbons (Fsp3) is 0.304. The molecule has 2 amide bonds. The minimum Gasteiger partial charge on any atom is -0.370 e. The molecule has 32 heavy (non-hydrogen) atoms. The van der Waals surface area contributed by atoms with Crippen LogP contribution in [-0.2, 0) is 4.74 Å². The lowest BCUT2D eigenvalue weighted by atomic mass is 10.0. The van der Waals surface area contributed by atoms with Gasteiger partial charge in [-0.2, -0.15) is 0 Å². The highest BCUT2D eigenvalue weighted by molar-refractivity contribution is 7.21. The maximum atomic E-state index is 13.2. The highest BCUT2D eigenvalue weighted by Crippen LogP contribution is 2.38. The van der Waals surface area contributed by atoms with Crippen LogP contribution in [0, 0.1) is 0 Å². The SMILES string of the molecule is CC(C)NC(=O)c1sc2ccccc2c1[C@H]1CN(C(=O)c2cn3cccnc3n2)CCO1. The van der Waals surface area contributed by atoms with Crippen LogP contribution in [0.25, 0.3) is 15.9 Å². The van der Waals surface area contributed by atoms with E-state index >= 15 is 0 Å². The van der Waals surface area contributed by atoms with Crippen molar-refractivity contribution < 1.29 is 14.3 Å². The van der Waals surface area contributed by atoms with Crippen molar-refractivity contribution in [2.75, 3.05) is 19.7 Å². The largest absolute Gasteiger partial charge is 0.370 e. The summed E-state index contributed by atoms with van der Waals surface area (Å²) < 4.78 is 8.85. The number of benzene rings is 1. The number of hydrogen-bond donors (Lipinski definition) is 1. The third-order valence-electron chi connectivity index (χ3n) is 5.39. The zero-order valence-electron chi connectivity index (χ0n) is 17.8. The van der Waals surface area contributed by atoms with Gasteiger partial charge < -0.3 is 15.0 Å². The standard InChI is InChI=1S/C23H23N5O3S/c1-14(2)25-21(29)20-19(15-6-3-4-7-18(15)32-20)17-13-27(10-11-31-17)22(30)16-12-28-9-5-8-24-23(28)26-16/h3-9,12,14,17H,10-11,13H2,1-2H3,(H,25,29)/t17-/m1/s1. The van der Waals surface area contributed by atoms with Gasteiger partial charge in [0.2, 0.25) is 5.78 Å². The summed E-state index contributed by atoms with van der Waals surface area (Å²) in [6, 6.07) is 9.74. The van der Waals surface area contributed by atoms with Crippen LogP contribution in [0.3, 0.4) is 0 Å². The molecule has 0 radical (unpaired) electrons. The van der Waals surface area contributed by atoms with Crippen molar-refractivity contribution in [2.45, 2.75) is 26.0 Å². The number of nitrogens with one attached hydrogen (secondary N) is 1. The molecule has 4 heterocycles. The van der Waals surface area contributed by atoms with E-state index in [0.29, 0.717) is 36.0 Å². The minimum atomic E-state index is -0.396. The number of imidazole rings is 1. The summed E-state index contributed by atoms with van der Waals surface area (Å²) in [5.74, 6) is 0.198. The molecule has 3 aromatic heterocycles. The Kier molecular flexibility index (Phi) is 5.36. The Hall–Kier alpha value is -3.30. The number of carbonyl (C=O) groups is 2. The van der Waals surface area contributed by atoms with Crippen LogP contribution in [0.5, 0.6) is 0 Å². The Morgan fingerprint density at radius 2 is 2.09 bits per heavy atom. The summed E-state index contributed by atoms with van der Waals surface area (Å²) in [5.41, 5.74) is 1.19. The molecule has 8 nitrogen and oxygen atoms in total. The van der Waals surface area contributed by atoms with Crippen LogP contribution in [0.4, 0.5) is 0 Å². The first-order chi connectivity index (χ1) is 15.5. The minimum absolute atomic E-state index is 0.0227. The van der Waals surface area contributed by atoms with Crippen LogP contribution >= 0.6 is 11.3 Å². The zero-order valence-corrected chi connectivity index (χ0v) is 18.6. The van der Waals surface area contributed by atoms with E-state index in [1.165, 1.54) is 11.3 Å². The quantitative estimate of drug-likeness (QED) is 0.516. The summed E-state index contributed by atoms with van der Waals surface area (Å²) in [6.07, 6.45) is 4.75. The second-order valence-electron chi connectivity index (χ2n) is 8.03. The van der Waals surface area contributed by atoms with Gasteiger partial charge in [0.25, 0.3) is 11.8 Å². The van der Waals surface area contributed by atoms with E-state index in [-0.39, 0.29) is 17.9 Å². The van der Waals surface area contributed by atoms with Crippen LogP contribution in [0.2, 0.25) is 0 Å². The van der Waals surface area contributed by atoms with E-state index in [0.717, 1.165) is 15.6 Å². The molecule has 1 aromatic carbocycles. The van der Waals surface area contributed by atoms with Gasteiger partial charge in [-0.25, -0.2) is 9.97 Å². The molecule has 0 bridgehead atoms. The molecule has 1 aliphatic heterocycles. The molecule has 1 aliphatic rings. The van der Waals surface area contributed by atoms with E-state index in [1.54, 1.807) is 27.8 Å². The van der Waals surface area contributed by atoms with E-state index in [1.807, 2.05) is 44.3 Å². The zero-order chi connectivity index (χ0) is 22.2. The Bertz CT molecular complexity index is 1280. The third kappa shape index (κ3) is 3.74. The summed E-state index contributed by atoms with van der Waals surface area (Å²) in [7, 11) is 0. The first-order valence-electron chi connectivity index (χ1n) is 10.5. The number of carbonyl (C=O) groups excluding carboxylic acids is 2. The van der Waals surface area contributed by atoms with Crippen molar-refractivity contribution in [3.8, 4) is 0 Å². The summed E-state index contributed by atoms with van der Waals surface area (Å²) >= 11 is 1.46. The fourth-order valence-electron chi connectivity index (χ4n) is 3.98. The second-order valence-corrected chi connectivity index (χ2v) is 9.09. The first kappa shape index (κ1) is 20.6. The van der Waals surface area contributed by atoms with Gasteiger partial charge in [-0.1, -0.05) is 18.2 Å². The second kappa shape index (κ2) is 8.33. The number of nitrogens with zero attached hydrogens (tertiary/aromatic N) is 4. The highest BCUT2D eigenvalue weighted by Gasteiger charge is 2.32. The van der Waals surface area contributed by atoms with Gasteiger partial charge in [0.15, 0.2) is 0 Å². The number of ether oxygens (including phenoxy) is 1. The first-order valence-corrected chi connectivity index (χ1v) is 11.4. The predicted octanol–water partition coefficient (Wildman–Crippen LogP) is 3.30. The average Bonchev–Trinajstić information content (AvgIpc) is 3.40. The summed E-state index contributed by atoms with van der Waals surface area (Å²) in [6.45, 7) is 5.07. The third-order valence-corrected chi connectivity index (χ3v) is 6.58. The number of fused-ring (bicyclic) bond motifs is 2. The molecule has 1 N–H and O–H groups in total. The monoisotopic (exact) mass is 449 g/mol. The molecule has 1 atom stereocenters. The van der Waals surface area contributed by atoms with Crippen molar-refractivity contribution >= 4 is 39.0 Å². The highest BCUT2D eigenvalue weighted by atomic mass is 32.1. The van der Waals surface area contributed by atoms with Crippen molar-refractivity contribution in [3.63, 3.8) is 0 Å². The molecule has 0 saturated carbocycles. The van der Waals surface area contributed by atoms with Gasteiger partial charge in [0, 0.05) is 41.4 Å². The Balaban J connectivity index is 1.47. The van der Waals surface area contributed by atoms with Gasteiger partial charge in [-0.05, 0) is 31.4 Å². The lowest BCUT2D eigenvalue weighted by molar-refractivity contribution is -0.0224. The average molecular weight is 450 g/mol. The van der Waals surface area contributed by atoms with E-state index < -0.39 is 6.10 Å². The fourth-order valence-corrected chi connectivity index (χ4v) is 5.14.